The number of nitro benzene ring substituents is 1. The Labute approximate surface area is 187 Å². The van der Waals surface area contributed by atoms with Crippen LogP contribution in [0.2, 0.25) is 0 Å². The minimum atomic E-state index is -4.43. The van der Waals surface area contributed by atoms with Gasteiger partial charge in [-0.2, -0.15) is 13.2 Å². The summed E-state index contributed by atoms with van der Waals surface area (Å²) in [5.74, 6) is 0.745. The molecule has 0 radical (unpaired) electrons. The van der Waals surface area contributed by atoms with Gasteiger partial charge in [0.2, 0.25) is 0 Å². The van der Waals surface area contributed by atoms with E-state index in [-0.39, 0.29) is 5.69 Å². The van der Waals surface area contributed by atoms with Crippen LogP contribution in [0.3, 0.4) is 0 Å². The fourth-order valence-electron chi connectivity index (χ4n) is 3.57. The molecule has 0 saturated carbocycles. The molecule has 32 heavy (non-hydrogen) atoms. The van der Waals surface area contributed by atoms with Crippen LogP contribution in [0.5, 0.6) is 0 Å². The number of benzene rings is 2. The first-order chi connectivity index (χ1) is 15.2. The van der Waals surface area contributed by atoms with E-state index in [2.05, 4.69) is 4.90 Å². The summed E-state index contributed by atoms with van der Waals surface area (Å²) in [6.07, 6.45) is -4.43. The molecule has 2 heterocycles. The molecular weight excluding hydrogens is 443 g/mol. The van der Waals surface area contributed by atoms with E-state index in [1.54, 1.807) is 30.3 Å². The number of anilines is 1. The zero-order valence-electron chi connectivity index (χ0n) is 16.7. The molecule has 0 spiro atoms. The molecule has 1 aromatic heterocycles. The summed E-state index contributed by atoms with van der Waals surface area (Å²) in [6, 6.07) is 14.6. The molecule has 1 saturated heterocycles. The molecular formula is C22H18F3N3O3S. The summed E-state index contributed by atoms with van der Waals surface area (Å²) in [7, 11) is 0. The van der Waals surface area contributed by atoms with Crippen molar-refractivity contribution in [3.05, 3.63) is 82.1 Å². The van der Waals surface area contributed by atoms with Crippen LogP contribution in [0.15, 0.2) is 65.1 Å². The molecule has 6 nitrogen and oxygen atoms in total. The summed E-state index contributed by atoms with van der Waals surface area (Å²) in [4.78, 5) is 15.0. The maximum absolute atomic E-state index is 13.0. The van der Waals surface area contributed by atoms with Crippen molar-refractivity contribution in [2.75, 3.05) is 31.1 Å². The Morgan fingerprint density at radius 3 is 2.31 bits per heavy atom. The van der Waals surface area contributed by atoms with Crippen molar-refractivity contribution in [2.24, 2.45) is 0 Å². The van der Waals surface area contributed by atoms with E-state index in [0.29, 0.717) is 48.3 Å². The average Bonchev–Trinajstić information content (AvgIpc) is 3.29. The minimum Gasteiger partial charge on any atom is -0.454 e. The minimum absolute atomic E-state index is 0.0444. The van der Waals surface area contributed by atoms with Gasteiger partial charge in [-0.15, -0.1) is 0 Å². The number of hydrogen-bond acceptors (Lipinski definition) is 5. The van der Waals surface area contributed by atoms with Gasteiger partial charge in [0.25, 0.3) is 5.69 Å². The number of hydrogen-bond donors (Lipinski definition) is 0. The van der Waals surface area contributed by atoms with Gasteiger partial charge in [-0.25, -0.2) is 0 Å². The lowest BCUT2D eigenvalue weighted by Gasteiger charge is -2.36. The van der Waals surface area contributed by atoms with Crippen molar-refractivity contribution in [2.45, 2.75) is 6.18 Å². The molecule has 4 rings (SSSR count). The maximum Gasteiger partial charge on any atom is 0.416 e. The van der Waals surface area contributed by atoms with Gasteiger partial charge in [-0.3, -0.25) is 10.1 Å². The van der Waals surface area contributed by atoms with Crippen LogP contribution in [0.1, 0.15) is 11.3 Å². The van der Waals surface area contributed by atoms with Crippen molar-refractivity contribution < 1.29 is 22.5 Å². The van der Waals surface area contributed by atoms with Crippen LogP contribution in [0.25, 0.3) is 11.3 Å². The largest absolute Gasteiger partial charge is 0.454 e. The molecule has 0 bridgehead atoms. The number of piperazine rings is 1. The van der Waals surface area contributed by atoms with Gasteiger partial charge < -0.3 is 14.2 Å². The molecule has 0 amide bonds. The van der Waals surface area contributed by atoms with Crippen LogP contribution >= 0.6 is 12.2 Å². The molecule has 3 aromatic rings. The molecule has 1 fully saturated rings. The molecule has 1 aliphatic heterocycles. The number of non-ortho nitro benzene ring substituents is 1. The molecule has 0 N–H and O–H groups in total. The van der Waals surface area contributed by atoms with Crippen molar-refractivity contribution >= 4 is 28.6 Å². The third kappa shape index (κ3) is 4.59. The van der Waals surface area contributed by atoms with Crippen LogP contribution in [-0.4, -0.2) is 41.0 Å². The Bertz CT molecular complexity index is 1140. The smallest absolute Gasteiger partial charge is 0.416 e. The second kappa shape index (κ2) is 8.62. The Morgan fingerprint density at radius 2 is 1.69 bits per heavy atom. The second-order valence-electron chi connectivity index (χ2n) is 7.30. The first-order valence-electron chi connectivity index (χ1n) is 9.78. The topological polar surface area (TPSA) is 62.8 Å². The van der Waals surface area contributed by atoms with Gasteiger partial charge in [0, 0.05) is 49.6 Å². The van der Waals surface area contributed by atoms with Crippen molar-refractivity contribution in [3.8, 4) is 11.3 Å². The number of alkyl halides is 3. The van der Waals surface area contributed by atoms with Crippen molar-refractivity contribution in [1.82, 2.24) is 4.90 Å². The Kier molecular flexibility index (Phi) is 5.88. The lowest BCUT2D eigenvalue weighted by molar-refractivity contribution is -0.384. The Hall–Kier alpha value is -3.40. The summed E-state index contributed by atoms with van der Waals surface area (Å²) in [6.45, 7) is 2.57. The first-order valence-corrected chi connectivity index (χ1v) is 10.2. The van der Waals surface area contributed by atoms with Gasteiger partial charge in [0.05, 0.1) is 10.5 Å². The summed E-state index contributed by atoms with van der Waals surface area (Å²) in [5.41, 5.74) is 0.531. The van der Waals surface area contributed by atoms with Gasteiger partial charge in [-0.1, -0.05) is 24.4 Å². The van der Waals surface area contributed by atoms with Crippen LogP contribution in [-0.2, 0) is 6.18 Å². The highest BCUT2D eigenvalue weighted by Crippen LogP contribution is 2.33. The number of thiocarbonyl (C=S) groups is 1. The molecule has 0 aliphatic carbocycles. The lowest BCUT2D eigenvalue weighted by Crippen LogP contribution is -2.48. The summed E-state index contributed by atoms with van der Waals surface area (Å²) >= 11 is 5.55. The number of furan rings is 1. The normalized spacial score (nSPS) is 14.5. The monoisotopic (exact) mass is 461 g/mol. The summed E-state index contributed by atoms with van der Waals surface area (Å²) < 4.78 is 44.7. The fraction of sp³-hybridized carbons (Fsp3) is 0.227. The highest BCUT2D eigenvalue weighted by molar-refractivity contribution is 7.80. The third-order valence-electron chi connectivity index (χ3n) is 5.28. The van der Waals surface area contributed by atoms with E-state index in [4.69, 9.17) is 16.6 Å². The highest BCUT2D eigenvalue weighted by Gasteiger charge is 2.30. The van der Waals surface area contributed by atoms with E-state index < -0.39 is 16.7 Å². The predicted molar refractivity (Wildman–Crippen MR) is 118 cm³/mol. The van der Waals surface area contributed by atoms with Gasteiger partial charge in [0.1, 0.15) is 10.7 Å². The molecule has 10 heteroatoms. The number of nitro groups is 1. The van der Waals surface area contributed by atoms with Gasteiger partial charge >= 0.3 is 6.18 Å². The SMILES string of the molecule is O=[N+]([O-])c1ccc(N2CCN(C(=S)c3ccc(-c4cccc(C(F)(F)F)c4)o3)CC2)cc1. The van der Waals surface area contributed by atoms with Crippen molar-refractivity contribution in [1.29, 1.82) is 0 Å². The Balaban J connectivity index is 1.41. The molecule has 0 atom stereocenters. The van der Waals surface area contributed by atoms with Crippen LogP contribution < -0.4 is 4.90 Å². The van der Waals surface area contributed by atoms with E-state index in [1.807, 2.05) is 4.90 Å². The maximum atomic E-state index is 13.0. The van der Waals surface area contributed by atoms with E-state index >= 15 is 0 Å². The van der Waals surface area contributed by atoms with E-state index in [0.717, 1.165) is 17.8 Å². The van der Waals surface area contributed by atoms with Crippen LogP contribution in [0, 0.1) is 10.1 Å². The third-order valence-corrected chi connectivity index (χ3v) is 5.74. The quantitative estimate of drug-likeness (QED) is 0.296. The lowest BCUT2D eigenvalue weighted by atomic mass is 10.1. The standard InChI is InChI=1S/C22H18F3N3O3S/c23-22(24,25)16-3-1-2-15(14-16)19-8-9-20(31-19)21(32)27-12-10-26(11-13-27)17-4-6-18(7-5-17)28(29)30/h1-9,14H,10-13H2. The first kappa shape index (κ1) is 21.8. The molecule has 2 aromatic carbocycles. The molecule has 166 valence electrons. The van der Waals surface area contributed by atoms with Gasteiger partial charge in [-0.05, 0) is 36.4 Å². The van der Waals surface area contributed by atoms with Gasteiger partial charge in [0.15, 0.2) is 5.76 Å². The number of rotatable bonds is 4. The van der Waals surface area contributed by atoms with Crippen LogP contribution in [0.4, 0.5) is 24.5 Å². The zero-order valence-corrected chi connectivity index (χ0v) is 17.5. The molecule has 1 aliphatic rings. The van der Waals surface area contributed by atoms with E-state index in [1.165, 1.54) is 18.2 Å². The molecule has 0 unspecified atom stereocenters. The number of nitrogens with zero attached hydrogens (tertiary/aromatic N) is 3. The van der Waals surface area contributed by atoms with Crippen molar-refractivity contribution in [3.63, 3.8) is 0 Å². The average molecular weight is 461 g/mol. The van der Waals surface area contributed by atoms with E-state index in [9.17, 15) is 23.3 Å². The zero-order chi connectivity index (χ0) is 22.9. The second-order valence-corrected chi connectivity index (χ2v) is 7.68. The Morgan fingerprint density at radius 1 is 1.00 bits per heavy atom. The number of halogens is 3. The predicted octanol–water partition coefficient (Wildman–Crippen LogP) is 5.37. The summed E-state index contributed by atoms with van der Waals surface area (Å²) in [5, 5.41) is 10.8. The highest BCUT2D eigenvalue weighted by atomic mass is 32.1. The fourth-order valence-corrected chi connectivity index (χ4v) is 3.86.